The first-order chi connectivity index (χ1) is 12.8. The number of hydrogen-bond donors (Lipinski definition) is 1. The summed E-state index contributed by atoms with van der Waals surface area (Å²) in [7, 11) is 0. The summed E-state index contributed by atoms with van der Waals surface area (Å²) in [6, 6.07) is 0. The first-order valence-corrected chi connectivity index (χ1v) is 10.2. The Bertz CT molecular complexity index is 784. The van der Waals surface area contributed by atoms with E-state index >= 15 is 0 Å². The van der Waals surface area contributed by atoms with E-state index in [-0.39, 0.29) is 11.8 Å². The first kappa shape index (κ1) is 17.3. The highest BCUT2D eigenvalue weighted by Gasteiger charge is 2.29. The number of rotatable bonds is 5. The Hall–Kier alpha value is -2.11. The summed E-state index contributed by atoms with van der Waals surface area (Å²) in [6.07, 6.45) is 12.6. The minimum absolute atomic E-state index is 0.0569. The van der Waals surface area contributed by atoms with Crippen molar-refractivity contribution < 1.29 is 4.79 Å². The molecule has 1 aliphatic carbocycles. The molecule has 6 heteroatoms. The van der Waals surface area contributed by atoms with Crippen molar-refractivity contribution in [1.82, 2.24) is 19.9 Å². The second-order valence-electron chi connectivity index (χ2n) is 7.61. The van der Waals surface area contributed by atoms with Crippen LogP contribution < -0.4 is 10.2 Å². The van der Waals surface area contributed by atoms with Crippen LogP contribution in [-0.2, 0) is 17.6 Å². The van der Waals surface area contributed by atoms with Crippen LogP contribution in [0, 0.1) is 5.92 Å². The summed E-state index contributed by atoms with van der Waals surface area (Å²) in [5.41, 5.74) is 3.76. The standard InChI is InChI=1S/C20H29N5O/c1-2-3-10-22-20(26)15-7-6-12-24(14-15)19-18-16-8-4-5-9-17(16)23-25(18)13-11-21-19/h11,13,15H,2-10,12,14H2,1H3,(H,22,26)/t15-/m0/s1. The van der Waals surface area contributed by atoms with Crippen molar-refractivity contribution in [1.29, 1.82) is 0 Å². The van der Waals surface area contributed by atoms with E-state index in [9.17, 15) is 4.79 Å². The van der Waals surface area contributed by atoms with Crippen molar-refractivity contribution in [2.75, 3.05) is 24.5 Å². The first-order valence-electron chi connectivity index (χ1n) is 10.2. The van der Waals surface area contributed by atoms with Crippen molar-refractivity contribution in [2.45, 2.75) is 58.3 Å². The smallest absolute Gasteiger partial charge is 0.224 e. The third kappa shape index (κ3) is 3.29. The Labute approximate surface area is 155 Å². The molecule has 4 rings (SSSR count). The van der Waals surface area contributed by atoms with Crippen molar-refractivity contribution in [2.24, 2.45) is 5.92 Å². The lowest BCUT2D eigenvalue weighted by Crippen LogP contribution is -2.43. The third-order valence-corrected chi connectivity index (χ3v) is 5.72. The average molecular weight is 355 g/mol. The Morgan fingerprint density at radius 2 is 2.19 bits per heavy atom. The van der Waals surface area contributed by atoms with Gasteiger partial charge in [0.1, 0.15) is 5.52 Å². The van der Waals surface area contributed by atoms with E-state index in [1.165, 1.54) is 24.1 Å². The van der Waals surface area contributed by atoms with Gasteiger partial charge in [0.05, 0.1) is 11.6 Å². The van der Waals surface area contributed by atoms with Crippen LogP contribution in [-0.4, -0.2) is 40.1 Å². The zero-order valence-corrected chi connectivity index (χ0v) is 15.7. The summed E-state index contributed by atoms with van der Waals surface area (Å²) in [4.78, 5) is 19.5. The fourth-order valence-corrected chi connectivity index (χ4v) is 4.29. The maximum absolute atomic E-state index is 12.5. The van der Waals surface area contributed by atoms with E-state index in [1.54, 1.807) is 0 Å². The molecule has 0 bridgehead atoms. The fourth-order valence-electron chi connectivity index (χ4n) is 4.29. The molecule has 1 amide bonds. The monoisotopic (exact) mass is 355 g/mol. The molecule has 1 fully saturated rings. The van der Waals surface area contributed by atoms with Gasteiger partial charge in [0, 0.05) is 37.6 Å². The number of carbonyl (C=O) groups excluding carboxylic acids is 1. The van der Waals surface area contributed by atoms with Gasteiger partial charge in [-0.15, -0.1) is 0 Å². The normalized spacial score (nSPS) is 20.2. The molecule has 0 saturated carbocycles. The maximum Gasteiger partial charge on any atom is 0.224 e. The number of hydrogen-bond acceptors (Lipinski definition) is 4. The molecule has 1 atom stereocenters. The molecule has 2 aromatic heterocycles. The predicted molar refractivity (Wildman–Crippen MR) is 102 cm³/mol. The lowest BCUT2D eigenvalue weighted by molar-refractivity contribution is -0.125. The fraction of sp³-hybridized carbons (Fsp3) is 0.650. The van der Waals surface area contributed by atoms with E-state index in [2.05, 4.69) is 17.1 Å². The van der Waals surface area contributed by atoms with Crippen molar-refractivity contribution >= 4 is 17.2 Å². The van der Waals surface area contributed by atoms with Gasteiger partial charge in [-0.25, -0.2) is 9.50 Å². The van der Waals surface area contributed by atoms with Gasteiger partial charge in [0.25, 0.3) is 0 Å². The molecule has 1 aliphatic heterocycles. The van der Waals surface area contributed by atoms with E-state index in [0.717, 1.165) is 69.5 Å². The maximum atomic E-state index is 12.5. The van der Waals surface area contributed by atoms with E-state index in [4.69, 9.17) is 10.1 Å². The number of aromatic nitrogens is 3. The van der Waals surface area contributed by atoms with E-state index in [1.807, 2.05) is 16.9 Å². The van der Waals surface area contributed by atoms with Gasteiger partial charge in [-0.3, -0.25) is 4.79 Å². The van der Waals surface area contributed by atoms with Crippen LogP contribution >= 0.6 is 0 Å². The second-order valence-corrected chi connectivity index (χ2v) is 7.61. The molecule has 2 aliphatic rings. The zero-order chi connectivity index (χ0) is 17.9. The molecule has 26 heavy (non-hydrogen) atoms. The minimum atomic E-state index is 0.0569. The van der Waals surface area contributed by atoms with E-state index in [0.29, 0.717) is 0 Å². The van der Waals surface area contributed by atoms with Crippen LogP contribution in [0.4, 0.5) is 5.82 Å². The Balaban J connectivity index is 1.57. The Morgan fingerprint density at radius 3 is 3.08 bits per heavy atom. The van der Waals surface area contributed by atoms with Crippen LogP contribution in [0.15, 0.2) is 12.4 Å². The van der Waals surface area contributed by atoms with Gasteiger partial charge >= 0.3 is 0 Å². The Morgan fingerprint density at radius 1 is 1.31 bits per heavy atom. The van der Waals surface area contributed by atoms with Gasteiger partial charge < -0.3 is 10.2 Å². The average Bonchev–Trinajstić information content (AvgIpc) is 3.07. The molecule has 0 unspecified atom stereocenters. The number of amides is 1. The van der Waals surface area contributed by atoms with Gasteiger partial charge in [-0.2, -0.15) is 5.10 Å². The predicted octanol–water partition coefficient (Wildman–Crippen LogP) is 2.74. The number of carbonyl (C=O) groups is 1. The molecular weight excluding hydrogens is 326 g/mol. The molecule has 6 nitrogen and oxygen atoms in total. The van der Waals surface area contributed by atoms with Crippen LogP contribution in [0.25, 0.3) is 5.52 Å². The summed E-state index contributed by atoms with van der Waals surface area (Å²) in [6.45, 7) is 4.65. The number of unbranched alkanes of at least 4 members (excludes halogenated alkanes) is 1. The minimum Gasteiger partial charge on any atom is -0.356 e. The summed E-state index contributed by atoms with van der Waals surface area (Å²) in [5.74, 6) is 1.27. The molecule has 2 aromatic rings. The van der Waals surface area contributed by atoms with Crippen LogP contribution in [0.3, 0.4) is 0 Å². The van der Waals surface area contributed by atoms with Crippen LogP contribution in [0.5, 0.6) is 0 Å². The van der Waals surface area contributed by atoms with Crippen LogP contribution in [0.1, 0.15) is 56.7 Å². The number of nitrogens with zero attached hydrogens (tertiary/aromatic N) is 4. The molecule has 1 N–H and O–H groups in total. The van der Waals surface area contributed by atoms with E-state index < -0.39 is 0 Å². The summed E-state index contributed by atoms with van der Waals surface area (Å²) < 4.78 is 2.00. The highest BCUT2D eigenvalue weighted by atomic mass is 16.1. The molecule has 3 heterocycles. The van der Waals surface area contributed by atoms with Gasteiger partial charge in [0.2, 0.25) is 5.91 Å². The highest BCUT2D eigenvalue weighted by molar-refractivity contribution is 5.80. The number of anilines is 1. The van der Waals surface area contributed by atoms with Crippen molar-refractivity contribution in [3.8, 4) is 0 Å². The molecular formula is C20H29N5O. The summed E-state index contributed by atoms with van der Waals surface area (Å²) in [5, 5.41) is 7.89. The van der Waals surface area contributed by atoms with Gasteiger partial charge in [-0.05, 0) is 44.9 Å². The number of nitrogens with one attached hydrogen (secondary N) is 1. The molecule has 0 radical (unpaired) electrons. The second kappa shape index (κ2) is 7.64. The quantitative estimate of drug-likeness (QED) is 0.838. The zero-order valence-electron chi connectivity index (χ0n) is 15.7. The number of aryl methyl sites for hydroxylation is 2. The summed E-state index contributed by atoms with van der Waals surface area (Å²) >= 11 is 0. The third-order valence-electron chi connectivity index (χ3n) is 5.72. The Kier molecular flexibility index (Phi) is 5.09. The van der Waals surface area contributed by atoms with Gasteiger partial charge in [-0.1, -0.05) is 13.3 Å². The lowest BCUT2D eigenvalue weighted by Gasteiger charge is -2.33. The number of fused-ring (bicyclic) bond motifs is 3. The lowest BCUT2D eigenvalue weighted by atomic mass is 9.95. The van der Waals surface area contributed by atoms with Gasteiger partial charge in [0.15, 0.2) is 5.82 Å². The van der Waals surface area contributed by atoms with Crippen LogP contribution in [0.2, 0.25) is 0 Å². The molecule has 0 aromatic carbocycles. The number of piperidine rings is 1. The van der Waals surface area contributed by atoms with Crippen molar-refractivity contribution in [3.63, 3.8) is 0 Å². The van der Waals surface area contributed by atoms with Crippen molar-refractivity contribution in [3.05, 3.63) is 23.7 Å². The molecule has 140 valence electrons. The molecule has 0 spiro atoms. The highest BCUT2D eigenvalue weighted by Crippen LogP contribution is 2.32. The SMILES string of the molecule is CCCCNC(=O)[C@H]1CCCN(c2nccn3nc4c(c23)CCCC4)C1. The topological polar surface area (TPSA) is 62.5 Å². The molecule has 1 saturated heterocycles. The largest absolute Gasteiger partial charge is 0.356 e.